The molecule has 0 saturated carbocycles. The van der Waals surface area contributed by atoms with Crippen molar-refractivity contribution in [2.24, 2.45) is 13.0 Å². The van der Waals surface area contributed by atoms with Crippen LogP contribution in [0, 0.1) is 5.92 Å². The summed E-state index contributed by atoms with van der Waals surface area (Å²) in [5, 5.41) is 8.64. The first kappa shape index (κ1) is 8.77. The van der Waals surface area contributed by atoms with Crippen LogP contribution in [0.25, 0.3) is 0 Å². The van der Waals surface area contributed by atoms with E-state index >= 15 is 0 Å². The first-order valence-corrected chi connectivity index (χ1v) is 3.79. The van der Waals surface area contributed by atoms with Gasteiger partial charge in [0.1, 0.15) is 0 Å². The molecule has 4 nitrogen and oxygen atoms in total. The second kappa shape index (κ2) is 3.38. The number of imidazole rings is 1. The third kappa shape index (κ3) is 1.84. The number of hydrogen-bond acceptors (Lipinski definition) is 2. The van der Waals surface area contributed by atoms with E-state index in [-0.39, 0.29) is 5.92 Å². The van der Waals surface area contributed by atoms with Crippen LogP contribution in [0.3, 0.4) is 0 Å². The van der Waals surface area contributed by atoms with Crippen LogP contribution in [0.2, 0.25) is 0 Å². The third-order valence-electron chi connectivity index (χ3n) is 1.85. The molecule has 12 heavy (non-hydrogen) atoms. The second-order valence-electron chi connectivity index (χ2n) is 2.94. The van der Waals surface area contributed by atoms with Crippen molar-refractivity contribution in [3.8, 4) is 0 Å². The number of aryl methyl sites for hydroxylation is 1. The van der Waals surface area contributed by atoms with Crippen LogP contribution in [0.5, 0.6) is 0 Å². The summed E-state index contributed by atoms with van der Waals surface area (Å²) in [6, 6.07) is 0. The summed E-state index contributed by atoms with van der Waals surface area (Å²) < 4.78 is 1.83. The molecule has 0 radical (unpaired) electrons. The smallest absolute Gasteiger partial charge is 0.306 e. The van der Waals surface area contributed by atoms with Crippen molar-refractivity contribution in [1.82, 2.24) is 9.55 Å². The van der Waals surface area contributed by atoms with Crippen molar-refractivity contribution < 1.29 is 9.90 Å². The molecule has 0 saturated heterocycles. The molecule has 0 amide bonds. The molecule has 0 aromatic carbocycles. The lowest BCUT2D eigenvalue weighted by Gasteiger charge is -2.05. The molecule has 0 bridgehead atoms. The molecular formula is C8H12N2O2. The Hall–Kier alpha value is -1.32. The fourth-order valence-electron chi connectivity index (χ4n) is 0.982. The van der Waals surface area contributed by atoms with E-state index < -0.39 is 5.97 Å². The summed E-state index contributed by atoms with van der Waals surface area (Å²) in [5.41, 5.74) is 0.949. The van der Waals surface area contributed by atoms with Gasteiger partial charge in [0.25, 0.3) is 0 Å². The Labute approximate surface area is 70.9 Å². The summed E-state index contributed by atoms with van der Waals surface area (Å²) in [5.74, 6) is -1.11. The van der Waals surface area contributed by atoms with Gasteiger partial charge in [-0.05, 0) is 0 Å². The van der Waals surface area contributed by atoms with Crippen molar-refractivity contribution >= 4 is 5.97 Å². The highest BCUT2D eigenvalue weighted by Gasteiger charge is 2.12. The van der Waals surface area contributed by atoms with E-state index in [0.29, 0.717) is 6.42 Å². The van der Waals surface area contributed by atoms with Gasteiger partial charge in [-0.1, -0.05) is 6.92 Å². The second-order valence-corrected chi connectivity index (χ2v) is 2.94. The Balaban J connectivity index is 2.64. The van der Waals surface area contributed by atoms with Crippen LogP contribution in [0.4, 0.5) is 0 Å². The summed E-state index contributed by atoms with van der Waals surface area (Å²) >= 11 is 0. The molecule has 0 unspecified atom stereocenters. The Bertz CT molecular complexity index is 280. The molecule has 0 fully saturated rings. The van der Waals surface area contributed by atoms with E-state index in [2.05, 4.69) is 4.98 Å². The van der Waals surface area contributed by atoms with Crippen LogP contribution >= 0.6 is 0 Å². The summed E-state index contributed by atoms with van der Waals surface area (Å²) in [6.45, 7) is 1.69. The first-order valence-electron chi connectivity index (χ1n) is 3.79. The molecule has 0 aliphatic rings. The van der Waals surface area contributed by atoms with E-state index in [0.717, 1.165) is 5.69 Å². The van der Waals surface area contributed by atoms with Crippen LogP contribution < -0.4 is 0 Å². The number of carboxylic acid groups (broad SMARTS) is 1. The standard InChI is InChI=1S/C8H12N2O2/c1-6(8(11)12)3-7-4-9-5-10(7)2/h4-6H,3H2,1-2H3,(H,11,12)/t6-/m0/s1. The number of aliphatic carboxylic acids is 1. The largest absolute Gasteiger partial charge is 0.481 e. The quantitative estimate of drug-likeness (QED) is 0.722. The molecular weight excluding hydrogens is 156 g/mol. The summed E-state index contributed by atoms with van der Waals surface area (Å²) in [6.07, 6.45) is 3.90. The zero-order valence-corrected chi connectivity index (χ0v) is 7.19. The Morgan fingerprint density at radius 3 is 2.92 bits per heavy atom. The fraction of sp³-hybridized carbons (Fsp3) is 0.500. The predicted molar refractivity (Wildman–Crippen MR) is 43.7 cm³/mol. The molecule has 66 valence electrons. The van der Waals surface area contributed by atoms with Crippen molar-refractivity contribution in [1.29, 1.82) is 0 Å². The summed E-state index contributed by atoms with van der Waals surface area (Å²) in [7, 11) is 1.86. The molecule has 4 heteroatoms. The molecule has 1 rings (SSSR count). The highest BCUT2D eigenvalue weighted by molar-refractivity contribution is 5.69. The molecule has 1 atom stereocenters. The van der Waals surface area contributed by atoms with Gasteiger partial charge in [0.15, 0.2) is 0 Å². The minimum Gasteiger partial charge on any atom is -0.481 e. The first-order chi connectivity index (χ1) is 5.61. The Kier molecular flexibility index (Phi) is 2.47. The molecule has 1 N–H and O–H groups in total. The molecule has 1 heterocycles. The van der Waals surface area contributed by atoms with Crippen molar-refractivity contribution in [2.75, 3.05) is 0 Å². The Morgan fingerprint density at radius 2 is 2.50 bits per heavy atom. The lowest BCUT2D eigenvalue weighted by molar-refractivity contribution is -0.141. The SMILES string of the molecule is C[C@@H](Cc1cncn1C)C(=O)O. The van der Waals surface area contributed by atoms with Gasteiger partial charge < -0.3 is 9.67 Å². The average molecular weight is 168 g/mol. The van der Waals surface area contributed by atoms with E-state index in [1.165, 1.54) is 0 Å². The van der Waals surface area contributed by atoms with E-state index in [9.17, 15) is 4.79 Å². The van der Waals surface area contributed by atoms with E-state index in [4.69, 9.17) is 5.11 Å². The molecule has 0 spiro atoms. The van der Waals surface area contributed by atoms with Gasteiger partial charge in [0.2, 0.25) is 0 Å². The number of aromatic nitrogens is 2. The third-order valence-corrected chi connectivity index (χ3v) is 1.85. The van der Waals surface area contributed by atoms with Gasteiger partial charge in [-0.25, -0.2) is 4.98 Å². The maximum atomic E-state index is 10.5. The van der Waals surface area contributed by atoms with Gasteiger partial charge in [0, 0.05) is 25.4 Å². The lowest BCUT2D eigenvalue weighted by Crippen LogP contribution is -2.13. The number of nitrogens with zero attached hydrogens (tertiary/aromatic N) is 2. The van der Waals surface area contributed by atoms with Gasteiger partial charge in [-0.15, -0.1) is 0 Å². The van der Waals surface area contributed by atoms with Gasteiger partial charge in [0.05, 0.1) is 12.2 Å². The van der Waals surface area contributed by atoms with Crippen LogP contribution in [0.15, 0.2) is 12.5 Å². The zero-order valence-electron chi connectivity index (χ0n) is 7.19. The fourth-order valence-corrected chi connectivity index (χ4v) is 0.982. The van der Waals surface area contributed by atoms with Gasteiger partial charge >= 0.3 is 5.97 Å². The monoisotopic (exact) mass is 168 g/mol. The normalized spacial score (nSPS) is 12.8. The van der Waals surface area contributed by atoms with E-state index in [1.807, 2.05) is 11.6 Å². The number of rotatable bonds is 3. The number of carboxylic acids is 1. The number of hydrogen-bond donors (Lipinski definition) is 1. The highest BCUT2D eigenvalue weighted by Crippen LogP contribution is 2.06. The minimum absolute atomic E-state index is 0.347. The minimum atomic E-state index is -0.767. The van der Waals surface area contributed by atoms with E-state index in [1.54, 1.807) is 19.4 Å². The Morgan fingerprint density at radius 1 is 1.83 bits per heavy atom. The molecule has 0 aliphatic carbocycles. The highest BCUT2D eigenvalue weighted by atomic mass is 16.4. The maximum Gasteiger partial charge on any atom is 0.306 e. The topological polar surface area (TPSA) is 55.1 Å². The average Bonchev–Trinajstić information content (AvgIpc) is 2.36. The maximum absolute atomic E-state index is 10.5. The van der Waals surface area contributed by atoms with Crippen LogP contribution in [-0.4, -0.2) is 20.6 Å². The van der Waals surface area contributed by atoms with Crippen molar-refractivity contribution in [3.05, 3.63) is 18.2 Å². The predicted octanol–water partition coefficient (Wildman–Crippen LogP) is 0.683. The molecule has 1 aromatic heterocycles. The molecule has 0 aliphatic heterocycles. The van der Waals surface area contributed by atoms with Gasteiger partial charge in [-0.2, -0.15) is 0 Å². The van der Waals surface area contributed by atoms with Crippen LogP contribution in [-0.2, 0) is 18.3 Å². The van der Waals surface area contributed by atoms with Crippen LogP contribution in [0.1, 0.15) is 12.6 Å². The lowest BCUT2D eigenvalue weighted by atomic mass is 10.1. The van der Waals surface area contributed by atoms with Crippen molar-refractivity contribution in [3.63, 3.8) is 0 Å². The van der Waals surface area contributed by atoms with Gasteiger partial charge in [-0.3, -0.25) is 4.79 Å². The number of carbonyl (C=O) groups is 1. The van der Waals surface area contributed by atoms with Crippen molar-refractivity contribution in [2.45, 2.75) is 13.3 Å². The zero-order chi connectivity index (χ0) is 9.14. The summed E-state index contributed by atoms with van der Waals surface area (Å²) in [4.78, 5) is 14.4. The molecule has 1 aromatic rings.